The Morgan fingerprint density at radius 3 is 2.44 bits per heavy atom. The summed E-state index contributed by atoms with van der Waals surface area (Å²) in [5.74, 6) is -0.334. The van der Waals surface area contributed by atoms with Crippen LogP contribution in [-0.2, 0) is 20.4 Å². The Balaban J connectivity index is 1.72. The fourth-order valence-electron chi connectivity index (χ4n) is 2.54. The van der Waals surface area contributed by atoms with Crippen LogP contribution in [0.1, 0.15) is 5.56 Å². The minimum absolute atomic E-state index is 0.185. The maximum Gasteiger partial charge on any atom is 0.241 e. The molecule has 9 heteroatoms. The van der Waals surface area contributed by atoms with Crippen molar-refractivity contribution in [3.63, 3.8) is 0 Å². The van der Waals surface area contributed by atoms with Crippen LogP contribution in [0.15, 0.2) is 42.5 Å². The first-order chi connectivity index (χ1) is 12.9. The van der Waals surface area contributed by atoms with Crippen molar-refractivity contribution in [3.8, 4) is 11.5 Å². The summed E-state index contributed by atoms with van der Waals surface area (Å²) >= 11 is 1.23. The second-order valence-corrected chi connectivity index (χ2v) is 8.86. The third-order valence-corrected chi connectivity index (χ3v) is 6.13. The molecule has 0 saturated carbocycles. The fraction of sp³-hybridized carbons (Fsp3) is 0.222. The molecule has 2 aromatic carbocycles. The number of benzene rings is 2. The number of aromatic nitrogens is 1. The van der Waals surface area contributed by atoms with Crippen molar-refractivity contribution in [2.24, 2.45) is 0 Å². The van der Waals surface area contributed by atoms with Gasteiger partial charge in [-0.1, -0.05) is 41.7 Å². The van der Waals surface area contributed by atoms with E-state index in [1.54, 1.807) is 42.5 Å². The van der Waals surface area contributed by atoms with Crippen LogP contribution in [0, 0.1) is 0 Å². The second-order valence-electron chi connectivity index (χ2n) is 5.76. The Morgan fingerprint density at radius 2 is 1.78 bits per heavy atom. The molecule has 3 rings (SSSR count). The number of rotatable bonds is 7. The van der Waals surface area contributed by atoms with Crippen molar-refractivity contribution < 1.29 is 22.7 Å². The van der Waals surface area contributed by atoms with Gasteiger partial charge in [0.1, 0.15) is 5.75 Å². The number of amides is 1. The van der Waals surface area contributed by atoms with Crippen molar-refractivity contribution >= 4 is 42.4 Å². The van der Waals surface area contributed by atoms with E-state index in [0.717, 1.165) is 4.70 Å². The number of carbonyl (C=O) groups excluding carboxylic acids is 1. The molecule has 0 aliphatic rings. The van der Waals surface area contributed by atoms with Gasteiger partial charge in [-0.2, -0.15) is 0 Å². The monoisotopic (exact) mass is 406 g/mol. The van der Waals surface area contributed by atoms with E-state index in [0.29, 0.717) is 27.7 Å². The van der Waals surface area contributed by atoms with Crippen molar-refractivity contribution in [1.82, 2.24) is 4.98 Å². The molecule has 142 valence electrons. The molecule has 1 aromatic heterocycles. The summed E-state index contributed by atoms with van der Waals surface area (Å²) < 4.78 is 35.7. The highest BCUT2D eigenvalue weighted by Gasteiger charge is 2.19. The number of fused-ring (bicyclic) bond motifs is 1. The number of ether oxygens (including phenoxy) is 2. The number of nitrogens with one attached hydrogen (secondary N) is 1. The molecule has 0 atom stereocenters. The first kappa shape index (κ1) is 19.1. The van der Waals surface area contributed by atoms with Gasteiger partial charge in [0.15, 0.2) is 26.5 Å². The molecule has 0 radical (unpaired) electrons. The highest BCUT2D eigenvalue weighted by Crippen LogP contribution is 2.36. The highest BCUT2D eigenvalue weighted by atomic mass is 32.2. The zero-order valence-electron chi connectivity index (χ0n) is 14.8. The zero-order valence-corrected chi connectivity index (χ0v) is 16.4. The summed E-state index contributed by atoms with van der Waals surface area (Å²) in [7, 11) is -0.524. The number of nitrogens with zero attached hydrogens (tertiary/aromatic N) is 1. The van der Waals surface area contributed by atoms with Gasteiger partial charge >= 0.3 is 0 Å². The number of anilines is 1. The Labute approximate surface area is 160 Å². The Morgan fingerprint density at radius 1 is 1.11 bits per heavy atom. The van der Waals surface area contributed by atoms with Gasteiger partial charge in [0.25, 0.3) is 0 Å². The number of methoxy groups -OCH3 is 2. The SMILES string of the molecule is COc1cc2nc(NC(=O)CS(=O)(=O)Cc3ccccc3)sc2cc1OC. The third-order valence-electron chi connectivity index (χ3n) is 3.72. The summed E-state index contributed by atoms with van der Waals surface area (Å²) in [5, 5.41) is 2.88. The van der Waals surface area contributed by atoms with E-state index in [2.05, 4.69) is 10.3 Å². The Bertz CT molecular complexity index is 1020. The fourth-order valence-corrected chi connectivity index (χ4v) is 4.71. The average molecular weight is 406 g/mol. The molecule has 7 nitrogen and oxygen atoms in total. The summed E-state index contributed by atoms with van der Waals surface area (Å²) in [4.78, 5) is 16.5. The molecular weight excluding hydrogens is 388 g/mol. The van der Waals surface area contributed by atoms with E-state index in [1.165, 1.54) is 25.6 Å². The molecule has 1 heterocycles. The van der Waals surface area contributed by atoms with Gasteiger partial charge in [-0.3, -0.25) is 4.79 Å². The predicted octanol–water partition coefficient (Wildman–Crippen LogP) is 2.87. The maximum atomic E-state index is 12.2. The number of sulfone groups is 1. The van der Waals surface area contributed by atoms with Gasteiger partial charge in [-0.05, 0) is 5.56 Å². The summed E-state index contributed by atoms with van der Waals surface area (Å²) in [6, 6.07) is 12.2. The number of carbonyl (C=O) groups is 1. The lowest BCUT2D eigenvalue weighted by atomic mass is 10.2. The molecule has 0 saturated heterocycles. The van der Waals surface area contributed by atoms with Gasteiger partial charge in [-0.15, -0.1) is 0 Å². The van der Waals surface area contributed by atoms with Crippen LogP contribution in [0.2, 0.25) is 0 Å². The quantitative estimate of drug-likeness (QED) is 0.648. The van der Waals surface area contributed by atoms with E-state index < -0.39 is 21.5 Å². The number of hydrogen-bond acceptors (Lipinski definition) is 7. The molecule has 0 aliphatic carbocycles. The van der Waals surface area contributed by atoms with Crippen LogP contribution in [0.25, 0.3) is 10.2 Å². The minimum Gasteiger partial charge on any atom is -0.493 e. The lowest BCUT2D eigenvalue weighted by Gasteiger charge is -2.05. The standard InChI is InChI=1S/C18H18N2O5S2/c1-24-14-8-13-16(9-15(14)25-2)26-18(19-13)20-17(21)11-27(22,23)10-12-6-4-3-5-7-12/h3-9H,10-11H2,1-2H3,(H,19,20,21). The van der Waals surface area contributed by atoms with Gasteiger partial charge < -0.3 is 14.8 Å². The van der Waals surface area contributed by atoms with Gasteiger partial charge in [0, 0.05) is 12.1 Å². The van der Waals surface area contributed by atoms with E-state index in [4.69, 9.17) is 9.47 Å². The van der Waals surface area contributed by atoms with Crippen LogP contribution < -0.4 is 14.8 Å². The van der Waals surface area contributed by atoms with Crippen molar-refractivity contribution in [2.45, 2.75) is 5.75 Å². The smallest absolute Gasteiger partial charge is 0.241 e. The van der Waals surface area contributed by atoms with Crippen LogP contribution in [0.4, 0.5) is 5.13 Å². The van der Waals surface area contributed by atoms with E-state index in [9.17, 15) is 13.2 Å². The largest absolute Gasteiger partial charge is 0.493 e. The summed E-state index contributed by atoms with van der Waals surface area (Å²) in [6.07, 6.45) is 0. The van der Waals surface area contributed by atoms with Gasteiger partial charge in [0.2, 0.25) is 5.91 Å². The van der Waals surface area contributed by atoms with Crippen molar-refractivity contribution in [3.05, 3.63) is 48.0 Å². The molecule has 0 bridgehead atoms. The highest BCUT2D eigenvalue weighted by molar-refractivity contribution is 7.91. The van der Waals surface area contributed by atoms with Crippen LogP contribution in [-0.4, -0.2) is 39.3 Å². The maximum absolute atomic E-state index is 12.2. The third kappa shape index (κ3) is 4.75. The van der Waals surface area contributed by atoms with Crippen molar-refractivity contribution in [1.29, 1.82) is 0 Å². The Hall–Kier alpha value is -2.65. The molecule has 0 spiro atoms. The molecule has 27 heavy (non-hydrogen) atoms. The first-order valence-electron chi connectivity index (χ1n) is 7.97. The average Bonchev–Trinajstić information content (AvgIpc) is 3.00. The van der Waals surface area contributed by atoms with Crippen LogP contribution in [0.3, 0.4) is 0 Å². The number of thiazole rings is 1. The molecule has 0 aliphatic heterocycles. The molecular formula is C18H18N2O5S2. The topological polar surface area (TPSA) is 94.6 Å². The minimum atomic E-state index is -3.58. The van der Waals surface area contributed by atoms with E-state index >= 15 is 0 Å². The first-order valence-corrected chi connectivity index (χ1v) is 10.6. The summed E-state index contributed by atoms with van der Waals surface area (Å²) in [5.41, 5.74) is 1.27. The molecule has 1 amide bonds. The number of hydrogen-bond donors (Lipinski definition) is 1. The lowest BCUT2D eigenvalue weighted by Crippen LogP contribution is -2.23. The second kappa shape index (κ2) is 7.93. The predicted molar refractivity (Wildman–Crippen MR) is 105 cm³/mol. The lowest BCUT2D eigenvalue weighted by molar-refractivity contribution is -0.113. The van der Waals surface area contributed by atoms with E-state index in [1.807, 2.05) is 0 Å². The molecule has 3 aromatic rings. The van der Waals surface area contributed by atoms with Crippen molar-refractivity contribution in [2.75, 3.05) is 25.3 Å². The van der Waals surface area contributed by atoms with Crippen LogP contribution in [0.5, 0.6) is 11.5 Å². The summed E-state index contributed by atoms with van der Waals surface area (Å²) in [6.45, 7) is 0. The normalized spacial score (nSPS) is 11.3. The van der Waals surface area contributed by atoms with E-state index in [-0.39, 0.29) is 5.75 Å². The van der Waals surface area contributed by atoms with Gasteiger partial charge in [-0.25, -0.2) is 13.4 Å². The van der Waals surface area contributed by atoms with Crippen LogP contribution >= 0.6 is 11.3 Å². The molecule has 0 unspecified atom stereocenters. The Kier molecular flexibility index (Phi) is 5.62. The molecule has 0 fully saturated rings. The molecule has 1 N–H and O–H groups in total. The van der Waals surface area contributed by atoms with Gasteiger partial charge in [0.05, 0.1) is 30.2 Å². The zero-order chi connectivity index (χ0) is 19.4.